The van der Waals surface area contributed by atoms with Gasteiger partial charge in [0.15, 0.2) is 0 Å². The molecule has 0 saturated heterocycles. The molecule has 0 bridgehead atoms. The normalized spacial score (nSPS) is 18.1. The minimum Gasteiger partial charge on any atom is -0.481 e. The van der Waals surface area contributed by atoms with Gasteiger partial charge in [0.25, 0.3) is 0 Å². The maximum absolute atomic E-state index is 10.9. The van der Waals surface area contributed by atoms with E-state index in [0.717, 1.165) is 24.2 Å². The zero-order chi connectivity index (χ0) is 10.3. The minimum absolute atomic E-state index is 0.499. The molecule has 1 aromatic rings. The smallest absolute Gasteiger partial charge is 0.310 e. The maximum atomic E-state index is 10.9. The number of nitrogens with zero attached hydrogens (tertiary/aromatic N) is 2. The van der Waals surface area contributed by atoms with Gasteiger partial charge < -0.3 is 5.11 Å². The summed E-state index contributed by atoms with van der Waals surface area (Å²) in [5, 5.41) is 13.3. The van der Waals surface area contributed by atoms with E-state index < -0.39 is 11.4 Å². The molecule has 0 aliphatic heterocycles. The van der Waals surface area contributed by atoms with Crippen molar-refractivity contribution in [2.45, 2.75) is 26.2 Å². The molecule has 1 aliphatic carbocycles. The van der Waals surface area contributed by atoms with E-state index in [9.17, 15) is 4.79 Å². The van der Waals surface area contributed by atoms with E-state index in [-0.39, 0.29) is 0 Å². The van der Waals surface area contributed by atoms with Gasteiger partial charge in [-0.3, -0.25) is 9.48 Å². The van der Waals surface area contributed by atoms with E-state index in [1.54, 1.807) is 4.68 Å². The van der Waals surface area contributed by atoms with E-state index in [1.165, 1.54) is 0 Å². The van der Waals surface area contributed by atoms with Crippen molar-refractivity contribution in [3.8, 4) is 0 Å². The number of hydrogen-bond acceptors (Lipinski definition) is 2. The Balaban J connectivity index is 2.15. The van der Waals surface area contributed by atoms with Gasteiger partial charge in [-0.25, -0.2) is 0 Å². The lowest BCUT2D eigenvalue weighted by Crippen LogP contribution is -2.17. The van der Waals surface area contributed by atoms with Gasteiger partial charge in [0.05, 0.1) is 11.1 Å². The first-order chi connectivity index (χ1) is 6.53. The quantitative estimate of drug-likeness (QED) is 0.784. The lowest BCUT2D eigenvalue weighted by Gasteiger charge is -2.05. The lowest BCUT2D eigenvalue weighted by atomic mass is 10.0. The highest BCUT2D eigenvalue weighted by Crippen LogP contribution is 2.48. The van der Waals surface area contributed by atoms with Crippen LogP contribution in [0.25, 0.3) is 0 Å². The van der Waals surface area contributed by atoms with Crippen LogP contribution in [0.15, 0.2) is 6.07 Å². The molecule has 1 aromatic heterocycles. The largest absolute Gasteiger partial charge is 0.481 e. The van der Waals surface area contributed by atoms with Gasteiger partial charge in [0, 0.05) is 19.2 Å². The summed E-state index contributed by atoms with van der Waals surface area (Å²) in [4.78, 5) is 10.9. The van der Waals surface area contributed by atoms with Crippen LogP contribution >= 0.6 is 0 Å². The van der Waals surface area contributed by atoms with Crippen molar-refractivity contribution in [1.29, 1.82) is 0 Å². The summed E-state index contributed by atoms with van der Waals surface area (Å²) in [6, 6.07) is 1.96. The second kappa shape index (κ2) is 2.83. The van der Waals surface area contributed by atoms with Crippen molar-refractivity contribution in [2.24, 2.45) is 12.5 Å². The van der Waals surface area contributed by atoms with Crippen molar-refractivity contribution >= 4 is 5.97 Å². The molecule has 4 heteroatoms. The second-order valence-electron chi connectivity index (χ2n) is 4.16. The number of carbonyl (C=O) groups is 1. The Kier molecular flexibility index (Phi) is 1.87. The average molecular weight is 194 g/mol. The average Bonchev–Trinajstić information content (AvgIpc) is 2.78. The third kappa shape index (κ3) is 1.41. The number of carboxylic acids is 1. The van der Waals surface area contributed by atoms with Gasteiger partial charge in [-0.05, 0) is 25.8 Å². The van der Waals surface area contributed by atoms with E-state index in [0.29, 0.717) is 6.42 Å². The van der Waals surface area contributed by atoms with Gasteiger partial charge in [0.1, 0.15) is 0 Å². The van der Waals surface area contributed by atoms with Crippen LogP contribution in [0, 0.1) is 12.3 Å². The van der Waals surface area contributed by atoms with Crippen LogP contribution in [-0.2, 0) is 18.3 Å². The summed E-state index contributed by atoms with van der Waals surface area (Å²) in [6.45, 7) is 1.97. The summed E-state index contributed by atoms with van der Waals surface area (Å²) >= 11 is 0. The highest BCUT2D eigenvalue weighted by atomic mass is 16.4. The number of rotatable bonds is 3. The molecule has 1 aliphatic rings. The fourth-order valence-corrected chi connectivity index (χ4v) is 1.69. The molecular formula is C10H14N2O2. The second-order valence-corrected chi connectivity index (χ2v) is 4.16. The van der Waals surface area contributed by atoms with Crippen LogP contribution in [0.2, 0.25) is 0 Å². The Morgan fingerprint density at radius 3 is 2.71 bits per heavy atom. The number of carboxylic acid groups (broad SMARTS) is 1. The summed E-state index contributed by atoms with van der Waals surface area (Å²) in [5.41, 5.74) is 1.46. The van der Waals surface area contributed by atoms with Gasteiger partial charge in [-0.1, -0.05) is 0 Å². The molecule has 4 nitrogen and oxygen atoms in total. The third-order valence-electron chi connectivity index (χ3n) is 2.99. The zero-order valence-electron chi connectivity index (χ0n) is 8.45. The molecule has 14 heavy (non-hydrogen) atoms. The first-order valence-electron chi connectivity index (χ1n) is 4.76. The Morgan fingerprint density at radius 2 is 2.36 bits per heavy atom. The molecule has 0 atom stereocenters. The summed E-state index contributed by atoms with van der Waals surface area (Å²) < 4.78 is 1.78. The highest BCUT2D eigenvalue weighted by molar-refractivity contribution is 5.78. The van der Waals surface area contributed by atoms with E-state index in [2.05, 4.69) is 5.10 Å². The van der Waals surface area contributed by atoms with Crippen molar-refractivity contribution in [1.82, 2.24) is 9.78 Å². The maximum Gasteiger partial charge on any atom is 0.310 e. The van der Waals surface area contributed by atoms with Crippen LogP contribution in [0.1, 0.15) is 24.2 Å². The molecule has 1 saturated carbocycles. The monoisotopic (exact) mass is 194 g/mol. The molecule has 1 N–H and O–H groups in total. The van der Waals surface area contributed by atoms with Crippen molar-refractivity contribution in [3.63, 3.8) is 0 Å². The number of aryl methyl sites for hydroxylation is 2. The Labute approximate surface area is 82.5 Å². The van der Waals surface area contributed by atoms with Crippen LogP contribution in [-0.4, -0.2) is 20.9 Å². The first kappa shape index (κ1) is 9.24. The molecule has 0 radical (unpaired) electrons. The van der Waals surface area contributed by atoms with Gasteiger partial charge in [-0.15, -0.1) is 0 Å². The molecule has 0 aromatic carbocycles. The Hall–Kier alpha value is -1.32. The van der Waals surface area contributed by atoms with Gasteiger partial charge >= 0.3 is 5.97 Å². The molecule has 1 fully saturated rings. The number of aromatic nitrogens is 2. The topological polar surface area (TPSA) is 55.1 Å². The highest BCUT2D eigenvalue weighted by Gasteiger charge is 2.50. The SMILES string of the molecule is Cc1cc(CC2(C(=O)O)CC2)nn1C. The van der Waals surface area contributed by atoms with E-state index in [4.69, 9.17) is 5.11 Å². The molecule has 76 valence electrons. The van der Waals surface area contributed by atoms with E-state index >= 15 is 0 Å². The van der Waals surface area contributed by atoms with Crippen LogP contribution in [0.4, 0.5) is 0 Å². The van der Waals surface area contributed by atoms with Crippen LogP contribution in [0.5, 0.6) is 0 Å². The minimum atomic E-state index is -0.680. The summed E-state index contributed by atoms with van der Waals surface area (Å²) in [5.74, 6) is -0.680. The number of hydrogen-bond donors (Lipinski definition) is 1. The van der Waals surface area contributed by atoms with Crippen LogP contribution in [0.3, 0.4) is 0 Å². The van der Waals surface area contributed by atoms with E-state index in [1.807, 2.05) is 20.0 Å². The Morgan fingerprint density at radius 1 is 1.71 bits per heavy atom. The molecular weight excluding hydrogens is 180 g/mol. The van der Waals surface area contributed by atoms with Crippen molar-refractivity contribution in [3.05, 3.63) is 17.5 Å². The molecule has 0 spiro atoms. The van der Waals surface area contributed by atoms with Gasteiger partial charge in [-0.2, -0.15) is 5.10 Å². The molecule has 2 rings (SSSR count). The molecule has 0 unspecified atom stereocenters. The van der Waals surface area contributed by atoms with Crippen LogP contribution < -0.4 is 0 Å². The zero-order valence-corrected chi connectivity index (χ0v) is 8.45. The fraction of sp³-hybridized carbons (Fsp3) is 0.600. The standard InChI is InChI=1S/C10H14N2O2/c1-7-5-8(11-12(7)2)6-10(3-4-10)9(13)14/h5H,3-4,6H2,1-2H3,(H,13,14). The Bertz CT molecular complexity index is 358. The summed E-state index contributed by atoms with van der Waals surface area (Å²) in [7, 11) is 1.87. The fourth-order valence-electron chi connectivity index (χ4n) is 1.69. The predicted molar refractivity (Wildman–Crippen MR) is 51.0 cm³/mol. The molecule has 0 amide bonds. The first-order valence-corrected chi connectivity index (χ1v) is 4.76. The van der Waals surface area contributed by atoms with Crippen molar-refractivity contribution < 1.29 is 9.90 Å². The van der Waals surface area contributed by atoms with Gasteiger partial charge in [0.2, 0.25) is 0 Å². The van der Waals surface area contributed by atoms with Crippen molar-refractivity contribution in [2.75, 3.05) is 0 Å². The third-order valence-corrected chi connectivity index (χ3v) is 2.99. The molecule has 1 heterocycles. The predicted octanol–water partition coefficient (Wildman–Crippen LogP) is 1.14. The lowest BCUT2D eigenvalue weighted by molar-refractivity contribution is -0.143. The number of aliphatic carboxylic acids is 1. The summed E-state index contributed by atoms with van der Waals surface area (Å²) in [6.07, 6.45) is 2.15.